The third-order valence-corrected chi connectivity index (χ3v) is 7.57. The Bertz CT molecular complexity index is 560. The summed E-state index contributed by atoms with van der Waals surface area (Å²) >= 11 is 11.9. The predicted octanol–water partition coefficient (Wildman–Crippen LogP) is 4.41. The number of hydrogen-bond acceptors (Lipinski definition) is 3. The Morgan fingerprint density at radius 1 is 1.12 bits per heavy atom. The highest BCUT2D eigenvalue weighted by molar-refractivity contribution is 6.60. The molecule has 25 heavy (non-hydrogen) atoms. The predicted molar refractivity (Wildman–Crippen MR) is 95.7 cm³/mol. The molecule has 4 nitrogen and oxygen atoms in total. The van der Waals surface area contributed by atoms with Gasteiger partial charge in [0, 0.05) is 30.6 Å². The van der Waals surface area contributed by atoms with E-state index in [1.165, 1.54) is 19.3 Å². The molecule has 0 spiro atoms. The molecule has 0 radical (unpaired) electrons. The molecule has 0 aliphatic heterocycles. The van der Waals surface area contributed by atoms with Crippen LogP contribution in [0.2, 0.25) is 0 Å². The lowest BCUT2D eigenvalue weighted by atomic mass is 9.69. The van der Waals surface area contributed by atoms with Crippen LogP contribution < -0.4 is 0 Å². The highest BCUT2D eigenvalue weighted by Gasteiger charge is 2.64. The van der Waals surface area contributed by atoms with Crippen LogP contribution in [0.3, 0.4) is 0 Å². The van der Waals surface area contributed by atoms with Crippen molar-refractivity contribution in [2.75, 3.05) is 0 Å². The maximum absolute atomic E-state index is 11.8. The van der Waals surface area contributed by atoms with Crippen LogP contribution in [0.25, 0.3) is 0 Å². The minimum atomic E-state index is -1.14. The van der Waals surface area contributed by atoms with Crippen molar-refractivity contribution < 1.29 is 19.5 Å². The van der Waals surface area contributed by atoms with E-state index in [-0.39, 0.29) is 24.0 Å². The molecule has 4 saturated carbocycles. The second-order valence-electron chi connectivity index (χ2n) is 8.06. The Morgan fingerprint density at radius 3 is 2.48 bits per heavy atom. The van der Waals surface area contributed by atoms with Crippen molar-refractivity contribution in [3.63, 3.8) is 0 Å². The van der Waals surface area contributed by atoms with Gasteiger partial charge in [0.25, 0.3) is 0 Å². The monoisotopic (exact) mass is 388 g/mol. The fourth-order valence-electron chi connectivity index (χ4n) is 5.15. The molecule has 0 aromatic rings. The van der Waals surface area contributed by atoms with Crippen LogP contribution in [0.15, 0.2) is 0 Å². The number of halogens is 2. The summed E-state index contributed by atoms with van der Waals surface area (Å²) in [5.41, 5.74) is 0. The van der Waals surface area contributed by atoms with E-state index in [1.54, 1.807) is 0 Å². The molecule has 4 rings (SSSR count). The first-order valence-corrected chi connectivity index (χ1v) is 10.2. The van der Waals surface area contributed by atoms with E-state index in [0.717, 1.165) is 38.0 Å². The number of carbonyl (C=O) groups excluding carboxylic acids is 2. The van der Waals surface area contributed by atoms with E-state index in [9.17, 15) is 14.4 Å². The van der Waals surface area contributed by atoms with Gasteiger partial charge in [0.1, 0.15) is 5.78 Å². The second-order valence-corrected chi connectivity index (χ2v) is 9.45. The maximum atomic E-state index is 11.8. The summed E-state index contributed by atoms with van der Waals surface area (Å²) in [4.78, 5) is 32.8. The number of carbonyl (C=O) groups is 3. The molecule has 0 amide bonds. The van der Waals surface area contributed by atoms with Gasteiger partial charge in [-0.25, -0.2) is 0 Å². The first kappa shape index (κ1) is 19.2. The molecule has 4 fully saturated rings. The average Bonchev–Trinajstić information content (AvgIpc) is 3.13. The minimum Gasteiger partial charge on any atom is -0.481 e. The molecule has 4 aliphatic rings. The lowest BCUT2D eigenvalue weighted by Crippen LogP contribution is -2.55. The van der Waals surface area contributed by atoms with E-state index < -0.39 is 10.3 Å². The fourth-order valence-corrected chi connectivity index (χ4v) is 5.90. The third kappa shape index (κ3) is 3.75. The quantitative estimate of drug-likeness (QED) is 0.559. The van der Waals surface area contributed by atoms with Gasteiger partial charge in [-0.2, -0.15) is 0 Å². The van der Waals surface area contributed by atoms with Crippen molar-refractivity contribution in [3.8, 4) is 0 Å². The standard InChI is InChI=1S/C12H16Cl2O3.C7H10O/c13-12(14)8-6-5-7(10(8)11(12)17)3-1-2-4-9(15)16;8-7-4-5-2-1-3-6(5)7/h7-8,10H,1-6H2,(H,15,16);5-6H,1-4H2. The summed E-state index contributed by atoms with van der Waals surface area (Å²) in [6.45, 7) is 0. The highest BCUT2D eigenvalue weighted by Crippen LogP contribution is 2.59. The van der Waals surface area contributed by atoms with Crippen molar-refractivity contribution in [2.24, 2.45) is 29.6 Å². The molecule has 140 valence electrons. The number of aliphatic carboxylic acids is 1. The minimum absolute atomic E-state index is 0.0217. The zero-order valence-electron chi connectivity index (χ0n) is 14.4. The van der Waals surface area contributed by atoms with Crippen LogP contribution in [0.1, 0.15) is 64.2 Å². The smallest absolute Gasteiger partial charge is 0.303 e. The molecule has 0 saturated heterocycles. The van der Waals surface area contributed by atoms with Gasteiger partial charge in [-0.3, -0.25) is 14.4 Å². The van der Waals surface area contributed by atoms with Crippen molar-refractivity contribution in [1.82, 2.24) is 0 Å². The number of alkyl halides is 2. The Morgan fingerprint density at radius 2 is 1.88 bits per heavy atom. The molecule has 0 aromatic heterocycles. The Balaban J connectivity index is 0.000000188. The summed E-state index contributed by atoms with van der Waals surface area (Å²) in [7, 11) is 0. The molecular weight excluding hydrogens is 363 g/mol. The zero-order chi connectivity index (χ0) is 18.2. The summed E-state index contributed by atoms with van der Waals surface area (Å²) < 4.78 is -1.14. The summed E-state index contributed by atoms with van der Waals surface area (Å²) in [6, 6.07) is 0. The first-order chi connectivity index (χ1) is 11.8. The Labute approximate surface area is 158 Å². The number of fused-ring (bicyclic) bond motifs is 2. The van der Waals surface area contributed by atoms with Crippen molar-refractivity contribution in [2.45, 2.75) is 68.5 Å². The highest BCUT2D eigenvalue weighted by atomic mass is 35.5. The largest absolute Gasteiger partial charge is 0.481 e. The van der Waals surface area contributed by atoms with Crippen LogP contribution in [-0.4, -0.2) is 27.0 Å². The molecule has 5 atom stereocenters. The van der Waals surface area contributed by atoms with Gasteiger partial charge in [0.15, 0.2) is 10.1 Å². The third-order valence-electron chi connectivity index (χ3n) is 6.64. The molecule has 0 heterocycles. The Kier molecular flexibility index (Phi) is 5.79. The van der Waals surface area contributed by atoms with Gasteiger partial charge in [0.05, 0.1) is 0 Å². The molecule has 5 unspecified atom stereocenters. The van der Waals surface area contributed by atoms with E-state index in [1.807, 2.05) is 0 Å². The van der Waals surface area contributed by atoms with E-state index >= 15 is 0 Å². The van der Waals surface area contributed by atoms with Crippen LogP contribution in [0.5, 0.6) is 0 Å². The van der Waals surface area contributed by atoms with Crippen molar-refractivity contribution in [3.05, 3.63) is 0 Å². The van der Waals surface area contributed by atoms with E-state index in [4.69, 9.17) is 28.3 Å². The van der Waals surface area contributed by atoms with Gasteiger partial charge >= 0.3 is 5.97 Å². The number of hydrogen-bond donors (Lipinski definition) is 1. The fraction of sp³-hybridized carbons (Fsp3) is 0.842. The zero-order valence-corrected chi connectivity index (χ0v) is 15.9. The lowest BCUT2D eigenvalue weighted by Gasteiger charge is -2.43. The van der Waals surface area contributed by atoms with Crippen LogP contribution in [0, 0.1) is 29.6 Å². The molecule has 0 bridgehead atoms. The normalized spacial score (nSPS) is 37.3. The van der Waals surface area contributed by atoms with Gasteiger partial charge in [-0.1, -0.05) is 36.0 Å². The van der Waals surface area contributed by atoms with Crippen molar-refractivity contribution >= 4 is 40.7 Å². The van der Waals surface area contributed by atoms with Crippen LogP contribution in [-0.2, 0) is 14.4 Å². The number of carboxylic acids is 1. The topological polar surface area (TPSA) is 71.4 Å². The van der Waals surface area contributed by atoms with E-state index in [0.29, 0.717) is 24.0 Å². The number of ketones is 2. The SMILES string of the molecule is O=C(O)CCCCC1CCC2C1C(=O)C2(Cl)Cl.O=C1CC2CCCC12. The Hall–Kier alpha value is -0.610. The molecule has 4 aliphatic carbocycles. The van der Waals surface area contributed by atoms with Gasteiger partial charge < -0.3 is 5.11 Å². The summed E-state index contributed by atoms with van der Waals surface area (Å²) in [5.74, 6) is 1.63. The van der Waals surface area contributed by atoms with Gasteiger partial charge in [-0.05, 0) is 50.4 Å². The lowest BCUT2D eigenvalue weighted by molar-refractivity contribution is -0.138. The maximum Gasteiger partial charge on any atom is 0.303 e. The number of unbranched alkanes of at least 4 members (excludes halogenated alkanes) is 1. The number of carboxylic acid groups (broad SMARTS) is 1. The van der Waals surface area contributed by atoms with Gasteiger partial charge in [0.2, 0.25) is 0 Å². The number of Topliss-reactive ketones (excluding diaryl/α,β-unsaturated/α-hetero) is 2. The number of rotatable bonds is 5. The van der Waals surface area contributed by atoms with Gasteiger partial charge in [-0.15, -0.1) is 0 Å². The van der Waals surface area contributed by atoms with Crippen LogP contribution >= 0.6 is 23.2 Å². The van der Waals surface area contributed by atoms with E-state index in [2.05, 4.69) is 0 Å². The molecule has 0 aromatic carbocycles. The second kappa shape index (κ2) is 7.56. The molecular formula is C19H26Cl2O4. The molecule has 1 N–H and O–H groups in total. The summed E-state index contributed by atoms with van der Waals surface area (Å²) in [5, 5.41) is 8.53. The first-order valence-electron chi connectivity index (χ1n) is 9.49. The van der Waals surface area contributed by atoms with Crippen molar-refractivity contribution in [1.29, 1.82) is 0 Å². The van der Waals surface area contributed by atoms with Crippen LogP contribution in [0.4, 0.5) is 0 Å². The average molecular weight is 389 g/mol. The molecule has 6 heteroatoms. The summed E-state index contributed by atoms with van der Waals surface area (Å²) in [6.07, 6.45) is 9.34.